The standard InChI is InChI=1S/C17H33N3O/c1-17(2)6-4-14(16(17)18-3)12-19-7-5-15(13-19)20-8-10-21-11-9-20/h14-16,18H,4-13H2,1-3H3. The topological polar surface area (TPSA) is 27.7 Å². The van der Waals surface area contributed by atoms with Gasteiger partial charge in [-0.2, -0.15) is 0 Å². The van der Waals surface area contributed by atoms with Gasteiger partial charge < -0.3 is 15.0 Å². The summed E-state index contributed by atoms with van der Waals surface area (Å²) in [5.74, 6) is 0.827. The molecule has 0 aromatic rings. The van der Waals surface area contributed by atoms with Gasteiger partial charge in [0.05, 0.1) is 13.2 Å². The first kappa shape index (κ1) is 15.7. The molecule has 3 atom stereocenters. The summed E-state index contributed by atoms with van der Waals surface area (Å²) in [6.07, 6.45) is 4.10. The lowest BCUT2D eigenvalue weighted by Gasteiger charge is -2.34. The Balaban J connectivity index is 1.50. The molecule has 0 spiro atoms. The van der Waals surface area contributed by atoms with Gasteiger partial charge in [-0.05, 0) is 44.2 Å². The monoisotopic (exact) mass is 295 g/mol. The van der Waals surface area contributed by atoms with Gasteiger partial charge in [-0.3, -0.25) is 4.90 Å². The van der Waals surface area contributed by atoms with Crippen LogP contribution in [0.15, 0.2) is 0 Å². The highest BCUT2D eigenvalue weighted by molar-refractivity contribution is 4.97. The van der Waals surface area contributed by atoms with Crippen LogP contribution >= 0.6 is 0 Å². The largest absolute Gasteiger partial charge is 0.379 e. The van der Waals surface area contributed by atoms with E-state index in [0.717, 1.165) is 38.3 Å². The van der Waals surface area contributed by atoms with E-state index in [1.165, 1.54) is 38.9 Å². The summed E-state index contributed by atoms with van der Waals surface area (Å²) in [7, 11) is 2.14. The van der Waals surface area contributed by atoms with Crippen molar-refractivity contribution in [3.63, 3.8) is 0 Å². The van der Waals surface area contributed by atoms with Crippen molar-refractivity contribution >= 4 is 0 Å². The molecule has 3 fully saturated rings. The van der Waals surface area contributed by atoms with E-state index in [1.807, 2.05) is 0 Å². The lowest BCUT2D eigenvalue weighted by Crippen LogP contribution is -2.46. The second-order valence-electron chi connectivity index (χ2n) is 7.90. The maximum atomic E-state index is 5.48. The fourth-order valence-corrected chi connectivity index (χ4v) is 4.89. The van der Waals surface area contributed by atoms with E-state index < -0.39 is 0 Å². The zero-order chi connectivity index (χ0) is 14.9. The van der Waals surface area contributed by atoms with Gasteiger partial charge in [0.1, 0.15) is 0 Å². The number of likely N-dealkylation sites (tertiary alicyclic amines) is 1. The molecule has 21 heavy (non-hydrogen) atoms. The first-order chi connectivity index (χ1) is 10.1. The summed E-state index contributed by atoms with van der Waals surface area (Å²) in [6.45, 7) is 12.8. The van der Waals surface area contributed by atoms with Gasteiger partial charge >= 0.3 is 0 Å². The third-order valence-electron chi connectivity index (χ3n) is 6.09. The Labute approximate surface area is 130 Å². The van der Waals surface area contributed by atoms with Crippen LogP contribution in [0, 0.1) is 11.3 Å². The van der Waals surface area contributed by atoms with Crippen LogP contribution in [0.1, 0.15) is 33.1 Å². The third kappa shape index (κ3) is 3.44. The quantitative estimate of drug-likeness (QED) is 0.849. The molecule has 3 aliphatic rings. The van der Waals surface area contributed by atoms with Crippen LogP contribution in [-0.4, -0.2) is 74.9 Å². The maximum absolute atomic E-state index is 5.48. The molecular weight excluding hydrogens is 262 g/mol. The van der Waals surface area contributed by atoms with Gasteiger partial charge in [0.25, 0.3) is 0 Å². The lowest BCUT2D eigenvalue weighted by molar-refractivity contribution is 0.0181. The van der Waals surface area contributed by atoms with Gasteiger partial charge in [0, 0.05) is 38.3 Å². The zero-order valence-electron chi connectivity index (χ0n) is 14.1. The molecule has 1 saturated carbocycles. The number of rotatable bonds is 4. The molecule has 2 saturated heterocycles. The molecule has 1 N–H and O–H groups in total. The minimum Gasteiger partial charge on any atom is -0.379 e. The van der Waals surface area contributed by atoms with E-state index in [0.29, 0.717) is 11.5 Å². The summed E-state index contributed by atoms with van der Waals surface area (Å²) in [5.41, 5.74) is 0.461. The van der Waals surface area contributed by atoms with Crippen molar-refractivity contribution in [1.82, 2.24) is 15.1 Å². The molecular formula is C17H33N3O. The highest BCUT2D eigenvalue weighted by Gasteiger charge is 2.42. The molecule has 4 heteroatoms. The van der Waals surface area contributed by atoms with Crippen LogP contribution in [-0.2, 0) is 4.74 Å². The molecule has 1 aliphatic carbocycles. The lowest BCUT2D eigenvalue weighted by atomic mass is 9.85. The molecule has 0 aromatic heterocycles. The van der Waals surface area contributed by atoms with Crippen molar-refractivity contribution in [3.05, 3.63) is 0 Å². The molecule has 3 rings (SSSR count). The zero-order valence-corrected chi connectivity index (χ0v) is 14.1. The summed E-state index contributed by atoms with van der Waals surface area (Å²) in [4.78, 5) is 5.37. The molecule has 2 heterocycles. The minimum absolute atomic E-state index is 0.461. The van der Waals surface area contributed by atoms with Crippen molar-refractivity contribution in [1.29, 1.82) is 0 Å². The molecule has 0 radical (unpaired) electrons. The smallest absolute Gasteiger partial charge is 0.0594 e. The first-order valence-electron chi connectivity index (χ1n) is 8.81. The summed E-state index contributed by atoms with van der Waals surface area (Å²) in [6, 6.07) is 1.45. The molecule has 2 aliphatic heterocycles. The van der Waals surface area contributed by atoms with Crippen LogP contribution in [0.5, 0.6) is 0 Å². The predicted molar refractivity (Wildman–Crippen MR) is 86.6 cm³/mol. The van der Waals surface area contributed by atoms with E-state index in [-0.39, 0.29) is 0 Å². The van der Waals surface area contributed by atoms with Crippen LogP contribution in [0.4, 0.5) is 0 Å². The average Bonchev–Trinajstić information content (AvgIpc) is 3.05. The van der Waals surface area contributed by atoms with Gasteiger partial charge in [-0.25, -0.2) is 0 Å². The Hall–Kier alpha value is -0.160. The van der Waals surface area contributed by atoms with Crippen LogP contribution in [0.25, 0.3) is 0 Å². The van der Waals surface area contributed by atoms with Gasteiger partial charge in [-0.15, -0.1) is 0 Å². The van der Waals surface area contributed by atoms with Crippen molar-refractivity contribution < 1.29 is 4.74 Å². The number of nitrogens with zero attached hydrogens (tertiary/aromatic N) is 2. The second-order valence-corrected chi connectivity index (χ2v) is 7.90. The molecule has 4 nitrogen and oxygen atoms in total. The Morgan fingerprint density at radius 3 is 2.62 bits per heavy atom. The second kappa shape index (κ2) is 6.53. The van der Waals surface area contributed by atoms with E-state index in [4.69, 9.17) is 4.74 Å². The summed E-state index contributed by atoms with van der Waals surface area (Å²) < 4.78 is 5.48. The van der Waals surface area contributed by atoms with Gasteiger partial charge in [-0.1, -0.05) is 13.8 Å². The van der Waals surface area contributed by atoms with Crippen molar-refractivity contribution in [2.45, 2.75) is 45.2 Å². The third-order valence-corrected chi connectivity index (χ3v) is 6.09. The Morgan fingerprint density at radius 1 is 1.14 bits per heavy atom. The number of hydrogen-bond acceptors (Lipinski definition) is 4. The molecule has 0 bridgehead atoms. The van der Waals surface area contributed by atoms with E-state index >= 15 is 0 Å². The van der Waals surface area contributed by atoms with Crippen LogP contribution in [0.2, 0.25) is 0 Å². The normalized spacial score (nSPS) is 38.1. The SMILES string of the molecule is CNC1C(CN2CCC(N3CCOCC3)C2)CCC1(C)C. The molecule has 0 amide bonds. The number of ether oxygens (including phenoxy) is 1. The van der Waals surface area contributed by atoms with Crippen LogP contribution < -0.4 is 5.32 Å². The van der Waals surface area contributed by atoms with E-state index in [1.54, 1.807) is 0 Å². The average molecular weight is 295 g/mol. The van der Waals surface area contributed by atoms with Gasteiger partial charge in [0.2, 0.25) is 0 Å². The molecule has 122 valence electrons. The Kier molecular flexibility index (Phi) is 4.89. The fraction of sp³-hybridized carbons (Fsp3) is 1.00. The predicted octanol–water partition coefficient (Wildman–Crippen LogP) is 1.42. The summed E-state index contributed by atoms with van der Waals surface area (Å²) in [5, 5.41) is 3.60. The number of morpholine rings is 1. The highest BCUT2D eigenvalue weighted by atomic mass is 16.5. The first-order valence-corrected chi connectivity index (χ1v) is 8.81. The Morgan fingerprint density at radius 2 is 1.90 bits per heavy atom. The van der Waals surface area contributed by atoms with E-state index in [9.17, 15) is 0 Å². The van der Waals surface area contributed by atoms with Crippen molar-refractivity contribution in [3.8, 4) is 0 Å². The minimum atomic E-state index is 0.461. The maximum Gasteiger partial charge on any atom is 0.0594 e. The highest BCUT2D eigenvalue weighted by Crippen LogP contribution is 2.41. The van der Waals surface area contributed by atoms with Crippen molar-refractivity contribution in [2.24, 2.45) is 11.3 Å². The summed E-state index contributed by atoms with van der Waals surface area (Å²) >= 11 is 0. The molecule has 0 aromatic carbocycles. The molecule has 3 unspecified atom stereocenters. The fourth-order valence-electron chi connectivity index (χ4n) is 4.89. The van der Waals surface area contributed by atoms with Gasteiger partial charge in [0.15, 0.2) is 0 Å². The van der Waals surface area contributed by atoms with E-state index in [2.05, 4.69) is 36.0 Å². The van der Waals surface area contributed by atoms with Crippen LogP contribution in [0.3, 0.4) is 0 Å². The Bertz CT molecular complexity index is 341. The number of nitrogens with one attached hydrogen (secondary N) is 1. The number of hydrogen-bond donors (Lipinski definition) is 1. The van der Waals surface area contributed by atoms with Crippen molar-refractivity contribution in [2.75, 3.05) is 53.0 Å².